The highest BCUT2D eigenvalue weighted by Gasteiger charge is 2.10. The normalized spacial score (nSPS) is 11.4. The lowest BCUT2D eigenvalue weighted by atomic mass is 10.1. The summed E-state index contributed by atoms with van der Waals surface area (Å²) in [7, 11) is -3.40. The molecule has 2 rings (SSSR count). The first kappa shape index (κ1) is 19.1. The van der Waals surface area contributed by atoms with E-state index in [1.165, 1.54) is 12.1 Å². The summed E-state index contributed by atoms with van der Waals surface area (Å²) in [5.74, 6) is -1.03. The van der Waals surface area contributed by atoms with Gasteiger partial charge in [0.15, 0.2) is 0 Å². The predicted molar refractivity (Wildman–Crippen MR) is 94.7 cm³/mol. The number of ether oxygens (including phenoxy) is 1. The topological polar surface area (TPSA) is 92.7 Å². The van der Waals surface area contributed by atoms with E-state index < -0.39 is 16.0 Å². The van der Waals surface area contributed by atoms with Gasteiger partial charge in [0.25, 0.3) is 0 Å². The van der Waals surface area contributed by atoms with Crippen molar-refractivity contribution in [3.05, 3.63) is 71.3 Å². The largest absolute Gasteiger partial charge is 0.478 e. The van der Waals surface area contributed by atoms with Crippen LogP contribution in [0.25, 0.3) is 0 Å². The first-order valence-electron chi connectivity index (χ1n) is 7.87. The fourth-order valence-electron chi connectivity index (χ4n) is 2.15. The fourth-order valence-corrected chi connectivity index (χ4v) is 3.17. The minimum absolute atomic E-state index is 0.0189. The number of carboxylic acid groups (broad SMARTS) is 1. The first-order chi connectivity index (χ1) is 12.0. The number of benzene rings is 2. The summed E-state index contributed by atoms with van der Waals surface area (Å²) < 4.78 is 31.9. The molecule has 134 valence electrons. The van der Waals surface area contributed by atoms with Crippen LogP contribution in [0.2, 0.25) is 0 Å². The average Bonchev–Trinajstić information content (AvgIpc) is 2.61. The molecule has 0 aromatic heterocycles. The Hall–Kier alpha value is -2.22. The van der Waals surface area contributed by atoms with E-state index in [0.29, 0.717) is 25.2 Å². The van der Waals surface area contributed by atoms with Crippen molar-refractivity contribution in [2.45, 2.75) is 19.6 Å². The molecular formula is C18H21NO5S. The molecule has 7 heteroatoms. The number of nitrogens with one attached hydrogen (secondary N) is 1. The maximum absolute atomic E-state index is 12.0. The van der Waals surface area contributed by atoms with Crippen LogP contribution in [0.15, 0.2) is 54.6 Å². The van der Waals surface area contributed by atoms with E-state index in [1.54, 1.807) is 12.1 Å². The Morgan fingerprint density at radius 2 is 1.68 bits per heavy atom. The summed E-state index contributed by atoms with van der Waals surface area (Å²) in [6.45, 7) is 0.959. The molecule has 2 aromatic carbocycles. The molecule has 0 fully saturated rings. The molecule has 6 nitrogen and oxygen atoms in total. The maximum Gasteiger partial charge on any atom is 0.335 e. The standard InChI is InChI=1S/C18H21NO5S/c20-18(21)17-9-7-15(8-10-17)13-19-25(22,23)12-4-11-24-14-16-5-2-1-3-6-16/h1-3,5-10,19H,4,11-14H2,(H,20,21). The van der Waals surface area contributed by atoms with Crippen molar-refractivity contribution in [2.24, 2.45) is 0 Å². The third kappa shape index (κ3) is 7.04. The van der Waals surface area contributed by atoms with Gasteiger partial charge in [0.05, 0.1) is 17.9 Å². The van der Waals surface area contributed by atoms with Crippen molar-refractivity contribution in [2.75, 3.05) is 12.4 Å². The molecule has 0 atom stereocenters. The Balaban J connectivity index is 1.68. The zero-order valence-electron chi connectivity index (χ0n) is 13.7. The van der Waals surface area contributed by atoms with Crippen LogP contribution in [-0.2, 0) is 27.9 Å². The lowest BCUT2D eigenvalue weighted by Crippen LogP contribution is -2.26. The highest BCUT2D eigenvalue weighted by atomic mass is 32.2. The molecule has 2 N–H and O–H groups in total. The molecule has 0 saturated heterocycles. The van der Waals surface area contributed by atoms with Crippen molar-refractivity contribution in [3.8, 4) is 0 Å². The third-order valence-electron chi connectivity index (χ3n) is 3.51. The Morgan fingerprint density at radius 3 is 2.32 bits per heavy atom. The molecule has 25 heavy (non-hydrogen) atoms. The van der Waals surface area contributed by atoms with Gasteiger partial charge in [0, 0.05) is 13.2 Å². The van der Waals surface area contributed by atoms with Gasteiger partial charge in [-0.05, 0) is 29.7 Å². The highest BCUT2D eigenvalue weighted by molar-refractivity contribution is 7.89. The molecule has 0 amide bonds. The molecule has 0 radical (unpaired) electrons. The molecule has 0 aliphatic rings. The molecule has 0 spiro atoms. The first-order valence-corrected chi connectivity index (χ1v) is 9.53. The second kappa shape index (κ2) is 9.31. The van der Waals surface area contributed by atoms with Crippen molar-refractivity contribution in [3.63, 3.8) is 0 Å². The molecule has 0 aliphatic carbocycles. The fraction of sp³-hybridized carbons (Fsp3) is 0.278. The van der Waals surface area contributed by atoms with Gasteiger partial charge in [-0.15, -0.1) is 0 Å². The van der Waals surface area contributed by atoms with Crippen LogP contribution in [-0.4, -0.2) is 31.9 Å². The number of carbonyl (C=O) groups is 1. The Labute approximate surface area is 147 Å². The molecule has 0 heterocycles. The summed E-state index contributed by atoms with van der Waals surface area (Å²) in [6.07, 6.45) is 0.403. The predicted octanol–water partition coefficient (Wildman–Crippen LogP) is 2.41. The second-order valence-electron chi connectivity index (χ2n) is 5.53. The number of hydrogen-bond donors (Lipinski definition) is 2. The number of hydrogen-bond acceptors (Lipinski definition) is 4. The number of aromatic carboxylic acids is 1. The van der Waals surface area contributed by atoms with Gasteiger partial charge < -0.3 is 9.84 Å². The zero-order chi connectivity index (χ0) is 18.1. The molecule has 2 aromatic rings. The number of rotatable bonds is 10. The summed E-state index contributed by atoms with van der Waals surface area (Å²) in [5.41, 5.74) is 1.92. The Kier molecular flexibility index (Phi) is 7.12. The van der Waals surface area contributed by atoms with Gasteiger partial charge in [-0.25, -0.2) is 17.9 Å². The smallest absolute Gasteiger partial charge is 0.335 e. The van der Waals surface area contributed by atoms with Crippen LogP contribution in [0.3, 0.4) is 0 Å². The minimum atomic E-state index is -3.40. The SMILES string of the molecule is O=C(O)c1ccc(CNS(=O)(=O)CCCOCc2ccccc2)cc1. The maximum atomic E-state index is 12.0. The molecular weight excluding hydrogens is 342 g/mol. The monoisotopic (exact) mass is 363 g/mol. The Morgan fingerprint density at radius 1 is 1.00 bits per heavy atom. The van der Waals surface area contributed by atoms with Crippen LogP contribution in [0.1, 0.15) is 27.9 Å². The average molecular weight is 363 g/mol. The van der Waals surface area contributed by atoms with Gasteiger partial charge in [0.1, 0.15) is 0 Å². The van der Waals surface area contributed by atoms with Crippen LogP contribution in [0.5, 0.6) is 0 Å². The summed E-state index contributed by atoms with van der Waals surface area (Å²) in [6, 6.07) is 15.8. The lowest BCUT2D eigenvalue weighted by Gasteiger charge is -2.08. The highest BCUT2D eigenvalue weighted by Crippen LogP contribution is 2.05. The van der Waals surface area contributed by atoms with Crippen molar-refractivity contribution < 1.29 is 23.1 Å². The van der Waals surface area contributed by atoms with E-state index >= 15 is 0 Å². The van der Waals surface area contributed by atoms with Crippen LogP contribution < -0.4 is 4.72 Å². The molecule has 0 unspecified atom stereocenters. The third-order valence-corrected chi connectivity index (χ3v) is 4.92. The molecule has 0 aliphatic heterocycles. The summed E-state index contributed by atoms with van der Waals surface area (Å²) in [5, 5.41) is 8.83. The molecule has 0 bridgehead atoms. The van der Waals surface area contributed by atoms with Gasteiger partial charge in [-0.2, -0.15) is 0 Å². The van der Waals surface area contributed by atoms with Gasteiger partial charge >= 0.3 is 5.97 Å². The Bertz CT molecular complexity index is 773. The van der Waals surface area contributed by atoms with E-state index in [9.17, 15) is 13.2 Å². The lowest BCUT2D eigenvalue weighted by molar-refractivity contribution is 0.0697. The van der Waals surface area contributed by atoms with E-state index in [2.05, 4.69) is 4.72 Å². The van der Waals surface area contributed by atoms with Crippen LogP contribution in [0.4, 0.5) is 0 Å². The minimum Gasteiger partial charge on any atom is -0.478 e. The second-order valence-corrected chi connectivity index (χ2v) is 7.46. The van der Waals surface area contributed by atoms with E-state index in [-0.39, 0.29) is 17.9 Å². The van der Waals surface area contributed by atoms with Crippen molar-refractivity contribution >= 4 is 16.0 Å². The van der Waals surface area contributed by atoms with Gasteiger partial charge in [-0.1, -0.05) is 42.5 Å². The number of carboxylic acids is 1. The van der Waals surface area contributed by atoms with E-state index in [1.807, 2.05) is 30.3 Å². The number of sulfonamides is 1. The summed E-state index contributed by atoms with van der Waals surface area (Å²) >= 11 is 0. The van der Waals surface area contributed by atoms with E-state index in [0.717, 1.165) is 5.56 Å². The summed E-state index contributed by atoms with van der Waals surface area (Å²) in [4.78, 5) is 10.8. The van der Waals surface area contributed by atoms with Gasteiger partial charge in [0.2, 0.25) is 10.0 Å². The van der Waals surface area contributed by atoms with E-state index in [4.69, 9.17) is 9.84 Å². The quantitative estimate of drug-likeness (QED) is 0.633. The van der Waals surface area contributed by atoms with Crippen LogP contribution in [0, 0.1) is 0 Å². The molecule has 0 saturated carbocycles. The van der Waals surface area contributed by atoms with Crippen molar-refractivity contribution in [1.82, 2.24) is 4.72 Å². The zero-order valence-corrected chi connectivity index (χ0v) is 14.5. The van der Waals surface area contributed by atoms with Crippen molar-refractivity contribution in [1.29, 1.82) is 0 Å². The van der Waals surface area contributed by atoms with Crippen LogP contribution >= 0.6 is 0 Å². The van der Waals surface area contributed by atoms with Gasteiger partial charge in [-0.3, -0.25) is 0 Å².